The number of nitrogens with one attached hydrogen (secondary N) is 1. The first kappa shape index (κ1) is 18.4. The predicted octanol–water partition coefficient (Wildman–Crippen LogP) is 2.87. The van der Waals surface area contributed by atoms with Crippen LogP contribution in [0.25, 0.3) is 0 Å². The largest absolute Gasteiger partial charge is 0.389 e. The summed E-state index contributed by atoms with van der Waals surface area (Å²) in [4.78, 5) is 13.6. The molecular formula is C16H24F2N2O2. The number of carbonyl (C=O) groups is 1. The number of carbonyl (C=O) groups excluding carboxylic acids is 1. The van der Waals surface area contributed by atoms with Crippen LogP contribution >= 0.6 is 0 Å². The molecule has 0 spiro atoms. The van der Waals surface area contributed by atoms with Crippen LogP contribution in [0.2, 0.25) is 0 Å². The third kappa shape index (κ3) is 5.60. The number of likely N-dealkylation sites (N-methyl/N-ethyl adjacent to an activating group) is 1. The lowest BCUT2D eigenvalue weighted by Gasteiger charge is -2.28. The van der Waals surface area contributed by atoms with E-state index in [0.717, 1.165) is 6.07 Å². The van der Waals surface area contributed by atoms with Crippen LogP contribution in [-0.2, 0) is 0 Å². The number of hydrogen-bond donors (Lipinski definition) is 2. The first-order valence-electron chi connectivity index (χ1n) is 7.34. The molecule has 2 N–H and O–H groups in total. The maximum Gasteiger partial charge on any atom is 0.317 e. The van der Waals surface area contributed by atoms with Crippen LogP contribution < -0.4 is 5.32 Å². The van der Waals surface area contributed by atoms with Crippen molar-refractivity contribution in [2.24, 2.45) is 0 Å². The Labute approximate surface area is 130 Å². The van der Waals surface area contributed by atoms with Gasteiger partial charge in [0.05, 0.1) is 12.1 Å². The Morgan fingerprint density at radius 3 is 2.55 bits per heavy atom. The second-order valence-corrected chi connectivity index (χ2v) is 6.08. The van der Waals surface area contributed by atoms with Gasteiger partial charge in [0.15, 0.2) is 0 Å². The zero-order valence-corrected chi connectivity index (χ0v) is 13.5. The first-order valence-corrected chi connectivity index (χ1v) is 7.34. The second kappa shape index (κ2) is 7.54. The highest BCUT2D eigenvalue weighted by Crippen LogP contribution is 2.19. The highest BCUT2D eigenvalue weighted by molar-refractivity contribution is 5.74. The average Bonchev–Trinajstić information content (AvgIpc) is 2.40. The van der Waals surface area contributed by atoms with Gasteiger partial charge in [0, 0.05) is 25.1 Å². The van der Waals surface area contributed by atoms with Gasteiger partial charge in [-0.05, 0) is 32.4 Å². The molecule has 6 heteroatoms. The molecule has 1 unspecified atom stereocenters. The SMILES string of the molecule is CCN(CC(C)(C)O)C(=O)NCC(C)c1ccc(F)cc1F. The van der Waals surface area contributed by atoms with Crippen molar-refractivity contribution in [2.75, 3.05) is 19.6 Å². The number of urea groups is 1. The van der Waals surface area contributed by atoms with E-state index in [9.17, 15) is 18.7 Å². The Kier molecular flexibility index (Phi) is 6.29. The standard InChI is InChI=1S/C16H24F2N2O2/c1-5-20(10-16(3,4)22)15(21)19-9-11(2)13-7-6-12(17)8-14(13)18/h6-8,11,22H,5,9-10H2,1-4H3,(H,19,21). The molecule has 0 aliphatic heterocycles. The summed E-state index contributed by atoms with van der Waals surface area (Å²) in [6.45, 7) is 7.70. The Bertz CT molecular complexity index is 515. The second-order valence-electron chi connectivity index (χ2n) is 6.08. The van der Waals surface area contributed by atoms with Crippen LogP contribution in [0.15, 0.2) is 18.2 Å². The third-order valence-corrected chi connectivity index (χ3v) is 3.30. The highest BCUT2D eigenvalue weighted by Gasteiger charge is 2.21. The minimum Gasteiger partial charge on any atom is -0.389 e. The van der Waals surface area contributed by atoms with Crippen molar-refractivity contribution < 1.29 is 18.7 Å². The molecular weight excluding hydrogens is 290 g/mol. The minimum absolute atomic E-state index is 0.203. The van der Waals surface area contributed by atoms with Gasteiger partial charge in [-0.2, -0.15) is 0 Å². The van der Waals surface area contributed by atoms with Gasteiger partial charge in [0.2, 0.25) is 0 Å². The maximum absolute atomic E-state index is 13.7. The average molecular weight is 314 g/mol. The molecule has 0 heterocycles. The van der Waals surface area contributed by atoms with E-state index in [4.69, 9.17) is 0 Å². The van der Waals surface area contributed by atoms with Crippen LogP contribution in [0, 0.1) is 11.6 Å². The maximum atomic E-state index is 13.7. The molecule has 124 valence electrons. The minimum atomic E-state index is -0.984. The normalized spacial score (nSPS) is 12.9. The molecule has 0 bridgehead atoms. The summed E-state index contributed by atoms with van der Waals surface area (Å²) in [6.07, 6.45) is 0. The van der Waals surface area contributed by atoms with Crippen LogP contribution in [0.1, 0.15) is 39.2 Å². The van der Waals surface area contributed by atoms with Crippen molar-refractivity contribution in [2.45, 2.75) is 39.2 Å². The summed E-state index contributed by atoms with van der Waals surface area (Å²) < 4.78 is 26.6. The Balaban J connectivity index is 2.62. The summed E-state index contributed by atoms with van der Waals surface area (Å²) in [5.74, 6) is -1.53. The van der Waals surface area contributed by atoms with E-state index in [1.54, 1.807) is 20.8 Å². The molecule has 22 heavy (non-hydrogen) atoms. The van der Waals surface area contributed by atoms with Gasteiger partial charge < -0.3 is 15.3 Å². The van der Waals surface area contributed by atoms with Crippen LogP contribution in [0.4, 0.5) is 13.6 Å². The van der Waals surface area contributed by atoms with Crippen molar-refractivity contribution >= 4 is 6.03 Å². The van der Waals surface area contributed by atoms with Crippen molar-refractivity contribution in [3.8, 4) is 0 Å². The van der Waals surface area contributed by atoms with E-state index in [2.05, 4.69) is 5.32 Å². The number of amides is 2. The number of benzene rings is 1. The number of nitrogens with zero attached hydrogens (tertiary/aromatic N) is 1. The van der Waals surface area contributed by atoms with Crippen LogP contribution in [-0.4, -0.2) is 41.3 Å². The molecule has 1 rings (SSSR count). The van der Waals surface area contributed by atoms with Crippen LogP contribution in [0.3, 0.4) is 0 Å². The molecule has 0 saturated heterocycles. The third-order valence-electron chi connectivity index (χ3n) is 3.30. The van der Waals surface area contributed by atoms with Gasteiger partial charge in [-0.3, -0.25) is 0 Å². The van der Waals surface area contributed by atoms with E-state index < -0.39 is 17.2 Å². The van der Waals surface area contributed by atoms with E-state index in [0.29, 0.717) is 12.1 Å². The molecule has 2 amide bonds. The van der Waals surface area contributed by atoms with Crippen molar-refractivity contribution in [3.05, 3.63) is 35.4 Å². The monoisotopic (exact) mass is 314 g/mol. The molecule has 0 radical (unpaired) electrons. The van der Waals surface area contributed by atoms with Gasteiger partial charge in [-0.25, -0.2) is 13.6 Å². The molecule has 1 aromatic rings. The molecule has 0 saturated carbocycles. The number of rotatable bonds is 6. The zero-order chi connectivity index (χ0) is 16.9. The van der Waals surface area contributed by atoms with Gasteiger partial charge in [-0.1, -0.05) is 13.0 Å². The lowest BCUT2D eigenvalue weighted by atomic mass is 10.0. The quantitative estimate of drug-likeness (QED) is 0.848. The molecule has 0 aliphatic rings. The molecule has 1 atom stereocenters. The van der Waals surface area contributed by atoms with Gasteiger partial charge in [-0.15, -0.1) is 0 Å². The summed E-state index contributed by atoms with van der Waals surface area (Å²) in [5.41, 5.74) is -0.630. The fourth-order valence-electron chi connectivity index (χ4n) is 2.16. The molecule has 1 aromatic carbocycles. The summed E-state index contributed by atoms with van der Waals surface area (Å²) in [5, 5.41) is 12.5. The number of halogens is 2. The zero-order valence-electron chi connectivity index (χ0n) is 13.5. The Hall–Kier alpha value is -1.69. The Morgan fingerprint density at radius 2 is 2.05 bits per heavy atom. The highest BCUT2D eigenvalue weighted by atomic mass is 19.1. The lowest BCUT2D eigenvalue weighted by Crippen LogP contribution is -2.47. The smallest absolute Gasteiger partial charge is 0.317 e. The van der Waals surface area contributed by atoms with E-state index in [1.807, 2.05) is 6.92 Å². The lowest BCUT2D eigenvalue weighted by molar-refractivity contribution is 0.0480. The topological polar surface area (TPSA) is 52.6 Å². The fourth-order valence-corrected chi connectivity index (χ4v) is 2.16. The predicted molar refractivity (Wildman–Crippen MR) is 81.7 cm³/mol. The fraction of sp³-hybridized carbons (Fsp3) is 0.562. The molecule has 0 aliphatic carbocycles. The Morgan fingerprint density at radius 1 is 1.41 bits per heavy atom. The molecule has 4 nitrogen and oxygen atoms in total. The molecule has 0 aromatic heterocycles. The van der Waals surface area contributed by atoms with E-state index >= 15 is 0 Å². The summed E-state index contributed by atoms with van der Waals surface area (Å²) in [7, 11) is 0. The van der Waals surface area contributed by atoms with Crippen LogP contribution in [0.5, 0.6) is 0 Å². The van der Waals surface area contributed by atoms with Crippen molar-refractivity contribution in [1.29, 1.82) is 0 Å². The molecule has 0 fully saturated rings. The number of aliphatic hydroxyl groups is 1. The van der Waals surface area contributed by atoms with E-state index in [-0.39, 0.29) is 25.0 Å². The number of hydrogen-bond acceptors (Lipinski definition) is 2. The summed E-state index contributed by atoms with van der Waals surface area (Å²) >= 11 is 0. The van der Waals surface area contributed by atoms with E-state index in [1.165, 1.54) is 17.0 Å². The summed E-state index contributed by atoms with van der Waals surface area (Å²) in [6, 6.07) is 3.10. The van der Waals surface area contributed by atoms with Gasteiger partial charge >= 0.3 is 6.03 Å². The van der Waals surface area contributed by atoms with Gasteiger partial charge in [0.1, 0.15) is 11.6 Å². The van der Waals surface area contributed by atoms with Gasteiger partial charge in [0.25, 0.3) is 0 Å². The first-order chi connectivity index (χ1) is 10.1. The van der Waals surface area contributed by atoms with Crippen molar-refractivity contribution in [3.63, 3.8) is 0 Å². The van der Waals surface area contributed by atoms with Crippen molar-refractivity contribution in [1.82, 2.24) is 10.2 Å².